The third kappa shape index (κ3) is 3.08. The van der Waals surface area contributed by atoms with Crippen LogP contribution in [0.3, 0.4) is 0 Å². The highest BCUT2D eigenvalue weighted by Crippen LogP contribution is 2.31. The summed E-state index contributed by atoms with van der Waals surface area (Å²) < 4.78 is 0. The van der Waals surface area contributed by atoms with E-state index < -0.39 is 5.60 Å². The number of carbonyl (C=O) groups excluding carboxylic acids is 1. The molecule has 0 bridgehead atoms. The van der Waals surface area contributed by atoms with Gasteiger partial charge in [-0.05, 0) is 12.5 Å². The summed E-state index contributed by atoms with van der Waals surface area (Å²) in [5.74, 6) is 2.23. The molecule has 90 valence electrons. The van der Waals surface area contributed by atoms with Gasteiger partial charge in [0.2, 0.25) is 5.91 Å². The first-order valence-corrected chi connectivity index (χ1v) is 5.60. The normalized spacial score (nSPS) is 13.5. The van der Waals surface area contributed by atoms with Crippen LogP contribution in [0.25, 0.3) is 0 Å². The lowest BCUT2D eigenvalue weighted by Gasteiger charge is -2.24. The second-order valence-electron chi connectivity index (χ2n) is 3.98. The Balaban J connectivity index is 3.20. The van der Waals surface area contributed by atoms with Crippen molar-refractivity contribution in [2.45, 2.75) is 32.3 Å². The Morgan fingerprint density at radius 2 is 2.18 bits per heavy atom. The van der Waals surface area contributed by atoms with E-state index >= 15 is 0 Å². The molecule has 0 fully saturated rings. The van der Waals surface area contributed by atoms with Gasteiger partial charge in [-0.3, -0.25) is 4.79 Å². The third-order valence-corrected chi connectivity index (χ3v) is 2.53. The molecule has 0 saturated carbocycles. The number of rotatable bonds is 4. The van der Waals surface area contributed by atoms with Crippen LogP contribution in [0.4, 0.5) is 5.69 Å². The van der Waals surface area contributed by atoms with Gasteiger partial charge in [-0.25, -0.2) is 0 Å². The van der Waals surface area contributed by atoms with Crippen molar-refractivity contribution in [3.05, 3.63) is 29.8 Å². The molecule has 0 aliphatic carbocycles. The first kappa shape index (κ1) is 13.3. The molecule has 2 N–H and O–H groups in total. The topological polar surface area (TPSA) is 49.3 Å². The second-order valence-corrected chi connectivity index (χ2v) is 3.98. The molecule has 3 nitrogen and oxygen atoms in total. The SMILES string of the molecule is C#CC(O)(CCC)c1ccccc1NC(C)=O. The Hall–Kier alpha value is -1.79. The van der Waals surface area contributed by atoms with Crippen LogP contribution in [-0.4, -0.2) is 11.0 Å². The number of benzene rings is 1. The molecule has 0 radical (unpaired) electrons. The predicted molar refractivity (Wildman–Crippen MR) is 68.4 cm³/mol. The van der Waals surface area contributed by atoms with E-state index in [2.05, 4.69) is 11.2 Å². The molecular formula is C14H17NO2. The molecule has 0 aliphatic rings. The summed E-state index contributed by atoms with van der Waals surface area (Å²) in [4.78, 5) is 11.1. The molecule has 1 aromatic rings. The number of carbonyl (C=O) groups is 1. The van der Waals surface area contributed by atoms with E-state index in [-0.39, 0.29) is 5.91 Å². The lowest BCUT2D eigenvalue weighted by Crippen LogP contribution is -2.25. The van der Waals surface area contributed by atoms with Gasteiger partial charge in [0, 0.05) is 18.2 Å². The van der Waals surface area contributed by atoms with Crippen molar-refractivity contribution in [2.75, 3.05) is 5.32 Å². The van der Waals surface area contributed by atoms with Gasteiger partial charge in [0.25, 0.3) is 0 Å². The molecule has 1 atom stereocenters. The highest BCUT2D eigenvalue weighted by Gasteiger charge is 2.28. The average Bonchev–Trinajstić information content (AvgIpc) is 2.29. The predicted octanol–water partition coefficient (Wildman–Crippen LogP) is 2.27. The highest BCUT2D eigenvalue weighted by molar-refractivity contribution is 5.89. The van der Waals surface area contributed by atoms with Crippen molar-refractivity contribution in [2.24, 2.45) is 0 Å². The zero-order valence-electron chi connectivity index (χ0n) is 10.2. The Bertz CT molecular complexity index is 448. The minimum atomic E-state index is -1.33. The Morgan fingerprint density at radius 1 is 1.53 bits per heavy atom. The number of amides is 1. The third-order valence-electron chi connectivity index (χ3n) is 2.53. The number of para-hydroxylation sites is 1. The zero-order chi connectivity index (χ0) is 12.9. The van der Waals surface area contributed by atoms with E-state index in [0.29, 0.717) is 17.7 Å². The number of terminal acetylenes is 1. The lowest BCUT2D eigenvalue weighted by molar-refractivity contribution is -0.114. The van der Waals surface area contributed by atoms with Crippen LogP contribution in [0.15, 0.2) is 24.3 Å². The zero-order valence-corrected chi connectivity index (χ0v) is 10.2. The standard InChI is InChI=1S/C14H17NO2/c1-4-10-14(17,5-2)12-8-6-7-9-13(12)15-11(3)16/h2,6-9,17H,4,10H2,1,3H3,(H,15,16). The van der Waals surface area contributed by atoms with Gasteiger partial charge in [-0.2, -0.15) is 0 Å². The van der Waals surface area contributed by atoms with Gasteiger partial charge in [0.15, 0.2) is 5.60 Å². The number of hydrogen-bond acceptors (Lipinski definition) is 2. The van der Waals surface area contributed by atoms with Crippen LogP contribution in [-0.2, 0) is 10.4 Å². The summed E-state index contributed by atoms with van der Waals surface area (Å²) >= 11 is 0. The van der Waals surface area contributed by atoms with Crippen molar-refractivity contribution in [1.29, 1.82) is 0 Å². The molecule has 3 heteroatoms. The summed E-state index contributed by atoms with van der Waals surface area (Å²) in [6.07, 6.45) is 6.63. The minimum absolute atomic E-state index is 0.187. The number of anilines is 1. The van der Waals surface area contributed by atoms with E-state index in [1.165, 1.54) is 6.92 Å². The molecular weight excluding hydrogens is 214 g/mol. The van der Waals surface area contributed by atoms with Gasteiger partial charge in [0.1, 0.15) is 0 Å². The summed E-state index contributed by atoms with van der Waals surface area (Å²) in [6.45, 7) is 3.37. The molecule has 0 aliphatic heterocycles. The van der Waals surface area contributed by atoms with Gasteiger partial charge >= 0.3 is 0 Å². The van der Waals surface area contributed by atoms with Crippen molar-refractivity contribution >= 4 is 11.6 Å². The molecule has 1 unspecified atom stereocenters. The van der Waals surface area contributed by atoms with Crippen LogP contribution in [0.2, 0.25) is 0 Å². The molecule has 0 heterocycles. The smallest absolute Gasteiger partial charge is 0.221 e. The van der Waals surface area contributed by atoms with E-state index in [1.807, 2.05) is 6.92 Å². The fraction of sp³-hybridized carbons (Fsp3) is 0.357. The van der Waals surface area contributed by atoms with Crippen LogP contribution in [0, 0.1) is 12.3 Å². The van der Waals surface area contributed by atoms with Crippen LogP contribution < -0.4 is 5.32 Å². The number of aliphatic hydroxyl groups is 1. The van der Waals surface area contributed by atoms with Crippen LogP contribution >= 0.6 is 0 Å². The number of nitrogens with one attached hydrogen (secondary N) is 1. The number of hydrogen-bond donors (Lipinski definition) is 2. The van der Waals surface area contributed by atoms with E-state index in [9.17, 15) is 9.90 Å². The molecule has 1 amide bonds. The lowest BCUT2D eigenvalue weighted by atomic mass is 9.89. The summed E-state index contributed by atoms with van der Waals surface area (Å²) in [7, 11) is 0. The molecule has 0 spiro atoms. The molecule has 1 aromatic carbocycles. The van der Waals surface area contributed by atoms with E-state index in [1.54, 1.807) is 24.3 Å². The van der Waals surface area contributed by atoms with Crippen LogP contribution in [0.5, 0.6) is 0 Å². The fourth-order valence-corrected chi connectivity index (χ4v) is 1.79. The largest absolute Gasteiger partial charge is 0.373 e. The highest BCUT2D eigenvalue weighted by atomic mass is 16.3. The Labute approximate surface area is 102 Å². The maximum Gasteiger partial charge on any atom is 0.221 e. The summed E-state index contributed by atoms with van der Waals surface area (Å²) in [5, 5.41) is 13.1. The quantitative estimate of drug-likeness (QED) is 0.781. The second kappa shape index (κ2) is 5.51. The summed E-state index contributed by atoms with van der Waals surface area (Å²) in [5.41, 5.74) is -0.193. The first-order valence-electron chi connectivity index (χ1n) is 5.60. The van der Waals surface area contributed by atoms with Crippen molar-refractivity contribution in [1.82, 2.24) is 0 Å². The van der Waals surface area contributed by atoms with Gasteiger partial charge < -0.3 is 10.4 Å². The maximum absolute atomic E-state index is 11.1. The molecule has 0 saturated heterocycles. The van der Waals surface area contributed by atoms with Crippen molar-refractivity contribution in [3.63, 3.8) is 0 Å². The van der Waals surface area contributed by atoms with E-state index in [0.717, 1.165) is 6.42 Å². The van der Waals surface area contributed by atoms with Crippen molar-refractivity contribution in [3.8, 4) is 12.3 Å². The average molecular weight is 231 g/mol. The molecule has 17 heavy (non-hydrogen) atoms. The Kier molecular flexibility index (Phi) is 4.30. The first-order chi connectivity index (χ1) is 8.03. The monoisotopic (exact) mass is 231 g/mol. The Morgan fingerprint density at radius 3 is 2.71 bits per heavy atom. The molecule has 1 rings (SSSR count). The van der Waals surface area contributed by atoms with Crippen molar-refractivity contribution < 1.29 is 9.90 Å². The molecule has 0 aromatic heterocycles. The van der Waals surface area contributed by atoms with Gasteiger partial charge in [0.05, 0.1) is 0 Å². The fourth-order valence-electron chi connectivity index (χ4n) is 1.79. The van der Waals surface area contributed by atoms with E-state index in [4.69, 9.17) is 6.42 Å². The maximum atomic E-state index is 11.1. The van der Waals surface area contributed by atoms with Gasteiger partial charge in [-0.1, -0.05) is 37.5 Å². The van der Waals surface area contributed by atoms with Crippen LogP contribution in [0.1, 0.15) is 32.3 Å². The minimum Gasteiger partial charge on any atom is -0.373 e. The van der Waals surface area contributed by atoms with Gasteiger partial charge in [-0.15, -0.1) is 6.42 Å². The summed E-state index contributed by atoms with van der Waals surface area (Å²) in [6, 6.07) is 7.05.